The maximum atomic E-state index is 14.3. The van der Waals surface area contributed by atoms with Gasteiger partial charge in [0.15, 0.2) is 0 Å². The van der Waals surface area contributed by atoms with Gasteiger partial charge < -0.3 is 10.1 Å². The normalized spacial score (nSPS) is 20.2. The van der Waals surface area contributed by atoms with Crippen LogP contribution in [0.1, 0.15) is 49.1 Å². The second kappa shape index (κ2) is 9.55. The van der Waals surface area contributed by atoms with Gasteiger partial charge in [-0.25, -0.2) is 18.2 Å². The van der Waals surface area contributed by atoms with E-state index in [1.807, 2.05) is 38.1 Å². The van der Waals surface area contributed by atoms with Crippen LogP contribution in [0.4, 0.5) is 13.2 Å². The SMILES string of the molecule is CC1=CCC(C)(c2cc(O)cc(F)c2)c2cc(-c3n[nH]c4ccc(-c5cncc(CN6CCC(F)(F)C6)c5)nc34)[nH]c21. The summed E-state index contributed by atoms with van der Waals surface area (Å²) in [5.74, 6) is -3.24. The average molecular weight is 571 g/mol. The summed E-state index contributed by atoms with van der Waals surface area (Å²) >= 11 is 0. The Labute approximate surface area is 240 Å². The number of phenolic OH excluding ortho intramolecular Hbond substituents is 1. The minimum absolute atomic E-state index is 0.109. The lowest BCUT2D eigenvalue weighted by Crippen LogP contribution is -2.26. The Morgan fingerprint density at radius 2 is 1.95 bits per heavy atom. The van der Waals surface area contributed by atoms with Gasteiger partial charge in [-0.1, -0.05) is 13.0 Å². The molecule has 1 atom stereocenters. The van der Waals surface area contributed by atoms with Gasteiger partial charge in [0, 0.05) is 54.6 Å². The lowest BCUT2D eigenvalue weighted by Gasteiger charge is -2.33. The Kier molecular flexibility index (Phi) is 6.02. The van der Waals surface area contributed by atoms with E-state index in [4.69, 9.17) is 4.98 Å². The number of hydrogen-bond donors (Lipinski definition) is 3. The minimum Gasteiger partial charge on any atom is -0.508 e. The van der Waals surface area contributed by atoms with Crippen molar-refractivity contribution in [2.45, 2.75) is 44.6 Å². The molecule has 7 nitrogen and oxygen atoms in total. The highest BCUT2D eigenvalue weighted by Crippen LogP contribution is 2.46. The molecule has 1 fully saturated rings. The van der Waals surface area contributed by atoms with E-state index in [2.05, 4.69) is 26.2 Å². The molecular weight excluding hydrogens is 541 g/mol. The van der Waals surface area contributed by atoms with Crippen molar-refractivity contribution in [3.8, 4) is 28.4 Å². The van der Waals surface area contributed by atoms with E-state index >= 15 is 0 Å². The quantitative estimate of drug-likeness (QED) is 0.216. The largest absolute Gasteiger partial charge is 0.508 e. The third-order valence-electron chi connectivity index (χ3n) is 8.55. The molecule has 0 radical (unpaired) electrons. The highest BCUT2D eigenvalue weighted by atomic mass is 19.3. The number of aromatic hydroxyl groups is 1. The second-order valence-corrected chi connectivity index (χ2v) is 11.7. The van der Waals surface area contributed by atoms with Crippen LogP contribution in [0.3, 0.4) is 0 Å². The Morgan fingerprint density at radius 3 is 2.74 bits per heavy atom. The van der Waals surface area contributed by atoms with Gasteiger partial charge in [0.2, 0.25) is 0 Å². The van der Waals surface area contributed by atoms with E-state index in [1.54, 1.807) is 23.4 Å². The van der Waals surface area contributed by atoms with E-state index in [9.17, 15) is 18.3 Å². The highest BCUT2D eigenvalue weighted by molar-refractivity contribution is 5.91. The molecule has 7 rings (SSSR count). The Bertz CT molecular complexity index is 1860. The molecule has 1 unspecified atom stereocenters. The zero-order valence-electron chi connectivity index (χ0n) is 23.2. The van der Waals surface area contributed by atoms with Gasteiger partial charge in [0.25, 0.3) is 5.92 Å². The number of fused-ring (bicyclic) bond motifs is 2. The van der Waals surface area contributed by atoms with Crippen molar-refractivity contribution >= 4 is 16.6 Å². The van der Waals surface area contributed by atoms with Gasteiger partial charge in [-0.2, -0.15) is 5.10 Å². The molecule has 0 saturated carbocycles. The molecule has 2 aliphatic rings. The summed E-state index contributed by atoms with van der Waals surface area (Å²) in [7, 11) is 0. The van der Waals surface area contributed by atoms with E-state index < -0.39 is 17.2 Å². The highest BCUT2D eigenvalue weighted by Gasteiger charge is 2.38. The van der Waals surface area contributed by atoms with Crippen LogP contribution in [0, 0.1) is 5.82 Å². The number of nitrogens with one attached hydrogen (secondary N) is 2. The summed E-state index contributed by atoms with van der Waals surface area (Å²) in [4.78, 5) is 14.6. The summed E-state index contributed by atoms with van der Waals surface area (Å²) in [5.41, 5.74) is 8.26. The Balaban J connectivity index is 1.25. The molecule has 42 heavy (non-hydrogen) atoms. The predicted molar refractivity (Wildman–Crippen MR) is 155 cm³/mol. The number of hydrogen-bond acceptors (Lipinski definition) is 5. The number of halogens is 3. The van der Waals surface area contributed by atoms with Crippen LogP contribution < -0.4 is 0 Å². The fourth-order valence-corrected chi connectivity index (χ4v) is 6.23. The van der Waals surface area contributed by atoms with Gasteiger partial charge in [0.1, 0.15) is 22.8 Å². The second-order valence-electron chi connectivity index (χ2n) is 11.7. The van der Waals surface area contributed by atoms with Crippen molar-refractivity contribution in [2.24, 2.45) is 0 Å². The van der Waals surface area contributed by atoms with Crippen LogP contribution in [0.2, 0.25) is 0 Å². The minimum atomic E-state index is -2.64. The lowest BCUT2D eigenvalue weighted by molar-refractivity contribution is 0.0115. The summed E-state index contributed by atoms with van der Waals surface area (Å²) in [6.45, 7) is 4.59. The fourth-order valence-electron chi connectivity index (χ4n) is 6.23. The standard InChI is InChI=1S/C32H29F3N6O/c1-18-5-6-31(2,21-10-22(33)12-23(42)11-21)24-13-27(38-28(18)24)30-29-26(39-40-30)4-3-25(37-29)20-9-19(14-36-15-20)16-41-8-7-32(34,35)17-41/h3-5,9-15,38,42H,6-8,16-17H2,1-2H3,(H,39,40). The van der Waals surface area contributed by atoms with Gasteiger partial charge >= 0.3 is 0 Å². The lowest BCUT2D eigenvalue weighted by atomic mass is 9.70. The monoisotopic (exact) mass is 570 g/mol. The molecule has 214 valence electrons. The van der Waals surface area contributed by atoms with Crippen molar-refractivity contribution in [2.75, 3.05) is 13.1 Å². The number of phenols is 1. The van der Waals surface area contributed by atoms with Crippen molar-refractivity contribution < 1.29 is 18.3 Å². The summed E-state index contributed by atoms with van der Waals surface area (Å²) in [6.07, 6.45) is 6.07. The van der Waals surface area contributed by atoms with Crippen LogP contribution >= 0.6 is 0 Å². The van der Waals surface area contributed by atoms with Crippen molar-refractivity contribution in [1.82, 2.24) is 30.0 Å². The molecule has 5 heterocycles. The molecule has 1 aromatic carbocycles. The predicted octanol–water partition coefficient (Wildman–Crippen LogP) is 6.81. The number of pyridine rings is 2. The first kappa shape index (κ1) is 26.5. The molecule has 5 aromatic rings. The fraction of sp³-hybridized carbons (Fsp3) is 0.281. The molecule has 10 heteroatoms. The van der Waals surface area contributed by atoms with Gasteiger partial charge in [-0.05, 0) is 72.0 Å². The number of alkyl halides is 2. The maximum Gasteiger partial charge on any atom is 0.261 e. The number of allylic oxidation sites excluding steroid dienone is 2. The molecule has 1 aliphatic carbocycles. The molecule has 0 amide bonds. The van der Waals surface area contributed by atoms with E-state index in [1.165, 1.54) is 6.07 Å². The number of H-pyrrole nitrogens is 2. The van der Waals surface area contributed by atoms with Crippen LogP contribution in [0.15, 0.2) is 60.9 Å². The van der Waals surface area contributed by atoms with Crippen LogP contribution in [0.25, 0.3) is 39.3 Å². The third-order valence-corrected chi connectivity index (χ3v) is 8.55. The molecule has 0 bridgehead atoms. The molecule has 1 saturated heterocycles. The molecule has 4 aromatic heterocycles. The number of benzene rings is 1. The Hall–Kier alpha value is -4.44. The number of nitrogens with zero attached hydrogens (tertiary/aromatic N) is 4. The van der Waals surface area contributed by atoms with Crippen molar-refractivity contribution in [3.05, 3.63) is 89.1 Å². The number of rotatable bonds is 5. The number of aromatic amines is 2. The van der Waals surface area contributed by atoms with Crippen molar-refractivity contribution in [1.29, 1.82) is 0 Å². The summed E-state index contributed by atoms with van der Waals surface area (Å²) < 4.78 is 41.7. The first-order valence-electron chi connectivity index (χ1n) is 13.9. The van der Waals surface area contributed by atoms with Crippen molar-refractivity contribution in [3.63, 3.8) is 0 Å². The molecule has 3 N–H and O–H groups in total. The summed E-state index contributed by atoms with van der Waals surface area (Å²) in [5, 5.41) is 17.8. The first-order valence-corrected chi connectivity index (χ1v) is 13.9. The van der Waals surface area contributed by atoms with E-state index in [0.717, 1.165) is 45.2 Å². The average Bonchev–Trinajstić information content (AvgIpc) is 3.67. The van der Waals surface area contributed by atoms with Gasteiger partial charge in [-0.3, -0.25) is 15.0 Å². The molecule has 1 aliphatic heterocycles. The smallest absolute Gasteiger partial charge is 0.261 e. The first-order chi connectivity index (χ1) is 20.1. The zero-order chi connectivity index (χ0) is 29.2. The van der Waals surface area contributed by atoms with E-state index in [0.29, 0.717) is 42.0 Å². The number of likely N-dealkylation sites (tertiary alicyclic amines) is 1. The van der Waals surface area contributed by atoms with E-state index in [-0.39, 0.29) is 18.7 Å². The Morgan fingerprint density at radius 1 is 1.10 bits per heavy atom. The van der Waals surface area contributed by atoms with Crippen LogP contribution in [0.5, 0.6) is 5.75 Å². The zero-order valence-corrected chi connectivity index (χ0v) is 23.2. The molecule has 0 spiro atoms. The van der Waals surface area contributed by atoms with Gasteiger partial charge in [0.05, 0.1) is 23.4 Å². The van der Waals surface area contributed by atoms with Crippen LogP contribution in [-0.2, 0) is 12.0 Å². The maximum absolute atomic E-state index is 14.3. The van der Waals surface area contributed by atoms with Gasteiger partial charge in [-0.15, -0.1) is 0 Å². The topological polar surface area (TPSA) is 93.7 Å². The van der Waals surface area contributed by atoms with Crippen LogP contribution in [-0.4, -0.2) is 54.2 Å². The number of aromatic nitrogens is 5. The summed E-state index contributed by atoms with van der Waals surface area (Å²) in [6, 6.07) is 12.0. The molecular formula is C32H29F3N6O. The third kappa shape index (κ3) is 4.56.